The zero-order valence-corrected chi connectivity index (χ0v) is 20.4. The minimum absolute atomic E-state index is 0.0227. The van der Waals surface area contributed by atoms with Gasteiger partial charge in [0.25, 0.3) is 5.91 Å². The molecule has 1 N–H and O–H groups in total. The molecule has 186 valence electrons. The summed E-state index contributed by atoms with van der Waals surface area (Å²) >= 11 is 0. The number of carbonyl (C=O) groups is 3. The summed E-state index contributed by atoms with van der Waals surface area (Å²) in [5.41, 5.74) is 3.25. The number of amides is 2. The van der Waals surface area contributed by atoms with E-state index >= 15 is 0 Å². The van der Waals surface area contributed by atoms with Crippen molar-refractivity contribution in [2.24, 2.45) is 0 Å². The van der Waals surface area contributed by atoms with Crippen molar-refractivity contribution in [2.45, 2.75) is 25.9 Å². The number of carbonyl (C=O) groups excluding carboxylic acids is 3. The molecule has 0 spiro atoms. The van der Waals surface area contributed by atoms with Crippen molar-refractivity contribution in [1.29, 1.82) is 0 Å². The van der Waals surface area contributed by atoms with E-state index in [-0.39, 0.29) is 24.8 Å². The van der Waals surface area contributed by atoms with E-state index in [9.17, 15) is 14.4 Å². The minimum Gasteiger partial charge on any atom is -0.493 e. The second-order valence-corrected chi connectivity index (χ2v) is 8.27. The van der Waals surface area contributed by atoms with E-state index in [1.807, 2.05) is 24.3 Å². The molecule has 0 saturated carbocycles. The van der Waals surface area contributed by atoms with Crippen LogP contribution in [-0.4, -0.2) is 43.5 Å². The van der Waals surface area contributed by atoms with Crippen LogP contribution in [0.25, 0.3) is 0 Å². The molecule has 8 nitrogen and oxygen atoms in total. The predicted octanol–water partition coefficient (Wildman–Crippen LogP) is 4.61. The summed E-state index contributed by atoms with van der Waals surface area (Å²) in [4.78, 5) is 40.0. The Hall–Kier alpha value is -4.33. The predicted molar refractivity (Wildman–Crippen MR) is 134 cm³/mol. The summed E-state index contributed by atoms with van der Waals surface area (Å²) in [6, 6.07) is 18.8. The highest BCUT2D eigenvalue weighted by molar-refractivity contribution is 5.99. The highest BCUT2D eigenvalue weighted by atomic mass is 16.5. The van der Waals surface area contributed by atoms with Gasteiger partial charge in [0.15, 0.2) is 11.5 Å². The Morgan fingerprint density at radius 3 is 2.36 bits per heavy atom. The van der Waals surface area contributed by atoms with Gasteiger partial charge in [-0.25, -0.2) is 4.79 Å². The molecule has 1 atom stereocenters. The number of methoxy groups -OCH3 is 2. The van der Waals surface area contributed by atoms with Gasteiger partial charge < -0.3 is 24.4 Å². The smallest absolute Gasteiger partial charge is 0.338 e. The maximum absolute atomic E-state index is 13.3. The van der Waals surface area contributed by atoms with Gasteiger partial charge >= 0.3 is 5.97 Å². The molecule has 8 heteroatoms. The molecule has 0 radical (unpaired) electrons. The lowest BCUT2D eigenvalue weighted by Gasteiger charge is -2.28. The average molecular weight is 489 g/mol. The number of benzene rings is 3. The van der Waals surface area contributed by atoms with Crippen LogP contribution in [0.5, 0.6) is 11.5 Å². The van der Waals surface area contributed by atoms with Crippen molar-refractivity contribution in [3.8, 4) is 11.5 Å². The highest BCUT2D eigenvalue weighted by Crippen LogP contribution is 2.37. The lowest BCUT2D eigenvalue weighted by molar-refractivity contribution is -0.117. The molecule has 2 amide bonds. The lowest BCUT2D eigenvalue weighted by atomic mass is 10.0. The third-order valence-corrected chi connectivity index (χ3v) is 6.08. The zero-order valence-electron chi connectivity index (χ0n) is 20.4. The van der Waals surface area contributed by atoms with Crippen LogP contribution in [0.3, 0.4) is 0 Å². The second kappa shape index (κ2) is 10.9. The molecule has 1 aliphatic rings. The molecule has 1 unspecified atom stereocenters. The summed E-state index contributed by atoms with van der Waals surface area (Å²) in [6.45, 7) is 2.43. The van der Waals surface area contributed by atoms with Crippen molar-refractivity contribution in [3.63, 3.8) is 0 Å². The van der Waals surface area contributed by atoms with Gasteiger partial charge in [0.2, 0.25) is 5.91 Å². The van der Waals surface area contributed by atoms with Crippen LogP contribution in [0, 0.1) is 0 Å². The van der Waals surface area contributed by atoms with Crippen molar-refractivity contribution in [2.75, 3.05) is 26.1 Å². The molecule has 1 heterocycles. The van der Waals surface area contributed by atoms with Crippen LogP contribution < -0.4 is 14.8 Å². The first kappa shape index (κ1) is 24.8. The number of nitrogens with one attached hydrogen (secondary N) is 1. The van der Waals surface area contributed by atoms with E-state index in [1.54, 1.807) is 68.5 Å². The maximum atomic E-state index is 13.3. The molecular formula is C28H28N2O6. The Morgan fingerprint density at radius 2 is 1.69 bits per heavy atom. The average Bonchev–Trinajstić information content (AvgIpc) is 3.23. The highest BCUT2D eigenvalue weighted by Gasteiger charge is 2.35. The molecule has 0 aliphatic carbocycles. The Labute approximate surface area is 209 Å². The third kappa shape index (κ3) is 5.17. The van der Waals surface area contributed by atoms with Crippen molar-refractivity contribution >= 4 is 23.5 Å². The van der Waals surface area contributed by atoms with Gasteiger partial charge in [-0.1, -0.05) is 24.3 Å². The number of hydrogen-bond donors (Lipinski definition) is 1. The summed E-state index contributed by atoms with van der Waals surface area (Å²) in [6.07, 6.45) is 0.0227. The van der Waals surface area contributed by atoms with Crippen LogP contribution in [0.4, 0.5) is 5.69 Å². The summed E-state index contributed by atoms with van der Waals surface area (Å²) in [7, 11) is 3.09. The van der Waals surface area contributed by atoms with Crippen molar-refractivity contribution < 1.29 is 28.6 Å². The Balaban J connectivity index is 1.58. The van der Waals surface area contributed by atoms with Crippen molar-refractivity contribution in [1.82, 2.24) is 4.90 Å². The first-order valence-corrected chi connectivity index (χ1v) is 11.6. The number of fused-ring (bicyclic) bond motifs is 1. The molecule has 3 aromatic rings. The normalized spacial score (nSPS) is 13.1. The largest absolute Gasteiger partial charge is 0.493 e. The Kier molecular flexibility index (Phi) is 7.53. The first-order valence-electron chi connectivity index (χ1n) is 11.6. The van der Waals surface area contributed by atoms with Crippen LogP contribution >= 0.6 is 0 Å². The van der Waals surface area contributed by atoms with E-state index in [4.69, 9.17) is 14.2 Å². The van der Waals surface area contributed by atoms with Gasteiger partial charge in [0.05, 0.1) is 38.9 Å². The second-order valence-electron chi connectivity index (χ2n) is 8.27. The van der Waals surface area contributed by atoms with Gasteiger partial charge in [-0.05, 0) is 60.5 Å². The number of esters is 1. The number of rotatable bonds is 9. The number of ether oxygens (including phenoxy) is 3. The lowest BCUT2D eigenvalue weighted by Crippen LogP contribution is -2.32. The van der Waals surface area contributed by atoms with Gasteiger partial charge in [-0.15, -0.1) is 0 Å². The number of hydrogen-bond acceptors (Lipinski definition) is 6. The van der Waals surface area contributed by atoms with E-state index < -0.39 is 12.0 Å². The van der Waals surface area contributed by atoms with Gasteiger partial charge in [-0.2, -0.15) is 0 Å². The quantitative estimate of drug-likeness (QED) is 0.442. The van der Waals surface area contributed by atoms with Gasteiger partial charge in [0, 0.05) is 17.8 Å². The molecule has 36 heavy (non-hydrogen) atoms. The molecular weight excluding hydrogens is 460 g/mol. The van der Waals surface area contributed by atoms with E-state index in [0.29, 0.717) is 34.9 Å². The standard InChI is InChI=1S/C28H28N2O6/c1-4-36-28(33)18-9-12-21(13-10-18)29-26(31)16-23(19-11-14-24(34-2)25(15-19)35-3)30-17-20-7-5-6-8-22(20)27(30)32/h5-15,23H,4,16-17H2,1-3H3,(H,29,31). The third-order valence-electron chi connectivity index (χ3n) is 6.08. The zero-order chi connectivity index (χ0) is 25.7. The summed E-state index contributed by atoms with van der Waals surface area (Å²) < 4.78 is 15.8. The summed E-state index contributed by atoms with van der Waals surface area (Å²) in [5.74, 6) is 0.247. The van der Waals surface area contributed by atoms with Gasteiger partial charge in [0.1, 0.15) is 0 Å². The SMILES string of the molecule is CCOC(=O)c1ccc(NC(=O)CC(c2ccc(OC)c(OC)c2)N2Cc3ccccc3C2=O)cc1. The molecule has 3 aromatic carbocycles. The van der Waals surface area contributed by atoms with Crippen LogP contribution in [-0.2, 0) is 16.1 Å². The molecule has 4 rings (SSSR count). The molecule has 0 saturated heterocycles. The minimum atomic E-state index is -0.538. The van der Waals surface area contributed by atoms with Gasteiger partial charge in [-0.3, -0.25) is 9.59 Å². The number of anilines is 1. The van der Waals surface area contributed by atoms with Crippen LogP contribution in [0.2, 0.25) is 0 Å². The maximum Gasteiger partial charge on any atom is 0.338 e. The Morgan fingerprint density at radius 1 is 0.972 bits per heavy atom. The van der Waals surface area contributed by atoms with E-state index in [1.165, 1.54) is 0 Å². The van der Waals surface area contributed by atoms with Crippen molar-refractivity contribution in [3.05, 3.63) is 89.0 Å². The van der Waals surface area contributed by atoms with E-state index in [2.05, 4.69) is 5.32 Å². The van der Waals surface area contributed by atoms with Crippen LogP contribution in [0.1, 0.15) is 51.2 Å². The monoisotopic (exact) mass is 488 g/mol. The fraction of sp³-hybridized carbons (Fsp3) is 0.250. The molecule has 0 fully saturated rings. The summed E-state index contributed by atoms with van der Waals surface area (Å²) in [5, 5.41) is 2.87. The van der Waals surface area contributed by atoms with Crippen LogP contribution in [0.15, 0.2) is 66.7 Å². The first-order chi connectivity index (χ1) is 17.4. The van der Waals surface area contributed by atoms with E-state index in [0.717, 1.165) is 11.1 Å². The molecule has 1 aliphatic heterocycles. The fourth-order valence-corrected chi connectivity index (χ4v) is 4.29. The Bertz CT molecular complexity index is 1270. The fourth-order valence-electron chi connectivity index (χ4n) is 4.29. The topological polar surface area (TPSA) is 94.2 Å². The number of nitrogens with zero attached hydrogens (tertiary/aromatic N) is 1. The molecule has 0 aromatic heterocycles. The molecule has 0 bridgehead atoms.